The molecule has 4 aromatic rings. The fraction of sp³-hybridized carbons (Fsp3) is 0.290. The Kier molecular flexibility index (Phi) is 8.10. The number of aryl methyl sites for hydroxylation is 1. The van der Waals surface area contributed by atoms with Crippen molar-refractivity contribution in [2.75, 3.05) is 19.4 Å². The lowest BCUT2D eigenvalue weighted by Crippen LogP contribution is -2.28. The van der Waals surface area contributed by atoms with E-state index in [9.17, 15) is 22.8 Å². The van der Waals surface area contributed by atoms with Gasteiger partial charge in [-0.05, 0) is 75.7 Å². The zero-order chi connectivity index (χ0) is 30.9. The minimum atomic E-state index is -4.63. The van der Waals surface area contributed by atoms with Gasteiger partial charge in [-0.25, -0.2) is 9.97 Å². The molecule has 2 aromatic heterocycles. The number of hydrogen-bond donors (Lipinski definition) is 2. The van der Waals surface area contributed by atoms with Crippen molar-refractivity contribution < 1.29 is 22.8 Å². The van der Waals surface area contributed by atoms with Gasteiger partial charge in [0.05, 0.1) is 18.3 Å². The van der Waals surface area contributed by atoms with Gasteiger partial charge in [-0.1, -0.05) is 12.0 Å². The quantitative estimate of drug-likeness (QED) is 0.309. The molecule has 2 heterocycles. The van der Waals surface area contributed by atoms with Crippen LogP contribution >= 0.6 is 0 Å². The van der Waals surface area contributed by atoms with Gasteiger partial charge in [-0.3, -0.25) is 9.59 Å². The number of imidazole rings is 2. The van der Waals surface area contributed by atoms with Crippen LogP contribution in [0.3, 0.4) is 0 Å². The smallest absolute Gasteiger partial charge is 0.347 e. The van der Waals surface area contributed by atoms with E-state index in [1.54, 1.807) is 40.6 Å². The Morgan fingerprint density at radius 1 is 1.07 bits per heavy atom. The van der Waals surface area contributed by atoms with Gasteiger partial charge in [-0.2, -0.15) is 13.2 Å². The normalized spacial score (nSPS) is 13.0. The maximum absolute atomic E-state index is 13.8. The molecule has 0 spiro atoms. The Labute approximate surface area is 246 Å². The van der Waals surface area contributed by atoms with E-state index in [1.165, 1.54) is 18.5 Å². The van der Waals surface area contributed by atoms with Crippen molar-refractivity contribution in [3.8, 4) is 17.5 Å². The maximum Gasteiger partial charge on any atom is 0.416 e. The SMILES string of the molecule is Cc1ccc(C(=O)Nc2cc(-n3ccnc3CN(C)C)cc(C(F)(F)F)c2)cc1C#Cc1cnc(C(=O)NC2CC2)n1C. The number of benzene rings is 2. The number of nitrogens with zero attached hydrogens (tertiary/aromatic N) is 5. The summed E-state index contributed by atoms with van der Waals surface area (Å²) in [6.07, 6.45) is 1.90. The van der Waals surface area contributed by atoms with E-state index in [0.717, 1.165) is 30.5 Å². The average Bonchev–Trinajstić information content (AvgIpc) is 3.50. The maximum atomic E-state index is 13.8. The van der Waals surface area contributed by atoms with Gasteiger partial charge in [0.2, 0.25) is 0 Å². The topological polar surface area (TPSA) is 97.1 Å². The van der Waals surface area contributed by atoms with Gasteiger partial charge in [0, 0.05) is 48.0 Å². The van der Waals surface area contributed by atoms with E-state index >= 15 is 0 Å². The molecule has 1 saturated carbocycles. The number of anilines is 1. The first-order valence-electron chi connectivity index (χ1n) is 13.6. The predicted octanol–water partition coefficient (Wildman–Crippen LogP) is 4.54. The van der Waals surface area contributed by atoms with E-state index in [4.69, 9.17) is 0 Å². The van der Waals surface area contributed by atoms with Gasteiger partial charge < -0.3 is 24.7 Å². The van der Waals surface area contributed by atoms with Crippen molar-refractivity contribution in [1.29, 1.82) is 0 Å². The fourth-order valence-electron chi connectivity index (χ4n) is 4.40. The number of halogens is 3. The van der Waals surface area contributed by atoms with Gasteiger partial charge in [0.25, 0.3) is 11.8 Å². The van der Waals surface area contributed by atoms with Crippen LogP contribution in [0.1, 0.15) is 62.0 Å². The van der Waals surface area contributed by atoms with Crippen LogP contribution in [0, 0.1) is 18.8 Å². The second kappa shape index (κ2) is 11.8. The first-order chi connectivity index (χ1) is 20.4. The minimum absolute atomic E-state index is 0.0144. The van der Waals surface area contributed by atoms with Crippen LogP contribution in [0.4, 0.5) is 18.9 Å². The Morgan fingerprint density at radius 3 is 2.53 bits per heavy atom. The molecule has 43 heavy (non-hydrogen) atoms. The number of aromatic nitrogens is 4. The molecule has 12 heteroatoms. The van der Waals surface area contributed by atoms with Crippen molar-refractivity contribution in [2.45, 2.75) is 38.5 Å². The van der Waals surface area contributed by atoms with Crippen LogP contribution in [0.2, 0.25) is 0 Å². The van der Waals surface area contributed by atoms with Crippen molar-refractivity contribution in [1.82, 2.24) is 29.3 Å². The van der Waals surface area contributed by atoms with E-state index in [2.05, 4.69) is 32.4 Å². The summed E-state index contributed by atoms with van der Waals surface area (Å²) in [6.45, 7) is 2.24. The van der Waals surface area contributed by atoms with E-state index in [1.807, 2.05) is 25.9 Å². The van der Waals surface area contributed by atoms with Gasteiger partial charge >= 0.3 is 6.18 Å². The number of carbonyl (C=O) groups is 2. The average molecular weight is 590 g/mol. The molecule has 1 aliphatic carbocycles. The predicted molar refractivity (Wildman–Crippen MR) is 155 cm³/mol. The molecule has 0 atom stereocenters. The van der Waals surface area contributed by atoms with Crippen LogP contribution in [0.15, 0.2) is 55.0 Å². The highest BCUT2D eigenvalue weighted by atomic mass is 19.4. The van der Waals surface area contributed by atoms with Crippen molar-refractivity contribution in [3.63, 3.8) is 0 Å². The van der Waals surface area contributed by atoms with Gasteiger partial charge in [0.1, 0.15) is 11.5 Å². The summed E-state index contributed by atoms with van der Waals surface area (Å²) in [5.41, 5.74) is 1.39. The molecule has 0 unspecified atom stereocenters. The molecule has 0 saturated heterocycles. The molecular formula is C31H30F3N7O2. The molecule has 0 radical (unpaired) electrons. The Balaban J connectivity index is 1.40. The number of hydrogen-bond acceptors (Lipinski definition) is 5. The largest absolute Gasteiger partial charge is 0.416 e. The highest BCUT2D eigenvalue weighted by Gasteiger charge is 2.32. The molecule has 2 amide bonds. The highest BCUT2D eigenvalue weighted by molar-refractivity contribution is 6.04. The summed E-state index contributed by atoms with van der Waals surface area (Å²) >= 11 is 0. The summed E-state index contributed by atoms with van der Waals surface area (Å²) in [5, 5.41) is 5.51. The number of rotatable bonds is 7. The lowest BCUT2D eigenvalue weighted by Gasteiger charge is -2.16. The van der Waals surface area contributed by atoms with Crippen LogP contribution < -0.4 is 10.6 Å². The van der Waals surface area contributed by atoms with Crippen LogP contribution in [-0.4, -0.2) is 56.0 Å². The Hall–Kier alpha value is -4.89. The number of carbonyl (C=O) groups excluding carboxylic acids is 2. The van der Waals surface area contributed by atoms with E-state index in [0.29, 0.717) is 23.6 Å². The zero-order valence-electron chi connectivity index (χ0n) is 24.1. The lowest BCUT2D eigenvalue weighted by atomic mass is 10.0. The molecule has 1 aliphatic rings. The third-order valence-electron chi connectivity index (χ3n) is 6.89. The van der Waals surface area contributed by atoms with Gasteiger partial charge in [0.15, 0.2) is 5.82 Å². The van der Waals surface area contributed by atoms with Crippen molar-refractivity contribution in [3.05, 3.63) is 94.6 Å². The molecule has 2 N–H and O–H groups in total. The molecule has 5 rings (SSSR count). The van der Waals surface area contributed by atoms with E-state index in [-0.39, 0.29) is 34.7 Å². The third kappa shape index (κ3) is 6.95. The number of nitrogens with one attached hydrogen (secondary N) is 2. The molecule has 2 aromatic carbocycles. The summed E-state index contributed by atoms with van der Waals surface area (Å²) in [4.78, 5) is 35.9. The monoisotopic (exact) mass is 589 g/mol. The molecular weight excluding hydrogens is 559 g/mol. The van der Waals surface area contributed by atoms with E-state index < -0.39 is 17.6 Å². The van der Waals surface area contributed by atoms with Crippen LogP contribution in [-0.2, 0) is 19.8 Å². The summed E-state index contributed by atoms with van der Waals surface area (Å²) in [5.74, 6) is 5.98. The van der Waals surface area contributed by atoms with Crippen LogP contribution in [0.25, 0.3) is 5.69 Å². The number of amides is 2. The third-order valence-corrected chi connectivity index (χ3v) is 6.89. The first-order valence-corrected chi connectivity index (χ1v) is 13.6. The van der Waals surface area contributed by atoms with Gasteiger partial charge in [-0.15, -0.1) is 0 Å². The molecule has 222 valence electrons. The molecule has 9 nitrogen and oxygen atoms in total. The molecule has 1 fully saturated rings. The highest BCUT2D eigenvalue weighted by Crippen LogP contribution is 2.33. The van der Waals surface area contributed by atoms with Crippen LogP contribution in [0.5, 0.6) is 0 Å². The van der Waals surface area contributed by atoms with Crippen molar-refractivity contribution >= 4 is 17.5 Å². The summed E-state index contributed by atoms with van der Waals surface area (Å²) < 4.78 is 44.6. The second-order valence-corrected chi connectivity index (χ2v) is 10.7. The summed E-state index contributed by atoms with van der Waals surface area (Å²) in [7, 11) is 5.37. The second-order valence-electron chi connectivity index (χ2n) is 10.7. The zero-order valence-corrected chi connectivity index (χ0v) is 24.1. The first kappa shape index (κ1) is 29.6. The molecule has 0 bridgehead atoms. The van der Waals surface area contributed by atoms with Crippen molar-refractivity contribution in [2.24, 2.45) is 7.05 Å². The lowest BCUT2D eigenvalue weighted by molar-refractivity contribution is -0.137. The molecule has 0 aliphatic heterocycles. The Bertz CT molecular complexity index is 1750. The standard InChI is InChI=1S/C31H30F3N7O2/c1-19-5-6-21(13-20(19)7-10-25-17-36-28(40(25)4)30(43)37-23-8-9-23)29(42)38-24-14-22(31(32,33)34)15-26(16-24)41-12-11-35-27(41)18-39(2)3/h5-6,11-17,23H,8-9,18H2,1-4H3,(H,37,43)(H,38,42). The summed E-state index contributed by atoms with van der Waals surface area (Å²) in [6, 6.07) is 8.47. The Morgan fingerprint density at radius 2 is 1.84 bits per heavy atom. The fourth-order valence-corrected chi connectivity index (χ4v) is 4.40. The number of alkyl halides is 3. The minimum Gasteiger partial charge on any atom is -0.347 e.